The van der Waals surface area contributed by atoms with Crippen LogP contribution in [0.2, 0.25) is 0 Å². The van der Waals surface area contributed by atoms with Gasteiger partial charge in [0.15, 0.2) is 5.82 Å². The van der Waals surface area contributed by atoms with E-state index in [-0.39, 0.29) is 6.61 Å². The van der Waals surface area contributed by atoms with Crippen molar-refractivity contribution in [1.29, 1.82) is 0 Å². The topological polar surface area (TPSA) is 93.3 Å². The number of hydrogen-bond donors (Lipinski definition) is 3. The standard InChI is InChI=1S/C15H18N4O2/c1-9-13(19-16)17-14(11-5-6-11)18-15(9)21-12-4-2-3-10(7-12)8-20/h2-4,7,11,20H,5-6,8,16H2,1H3,(H,17,18,19). The molecule has 0 radical (unpaired) electrons. The number of aliphatic hydroxyl groups excluding tert-OH is 1. The van der Waals surface area contributed by atoms with Crippen LogP contribution in [0.4, 0.5) is 5.82 Å². The SMILES string of the molecule is Cc1c(NN)nc(C2CC2)nc1Oc1cccc(CO)c1. The number of aromatic nitrogens is 2. The number of nitrogen functional groups attached to an aromatic ring is 1. The first-order valence-electron chi connectivity index (χ1n) is 6.94. The van der Waals surface area contributed by atoms with Gasteiger partial charge in [0.2, 0.25) is 5.88 Å². The molecule has 1 fully saturated rings. The molecular weight excluding hydrogens is 268 g/mol. The summed E-state index contributed by atoms with van der Waals surface area (Å²) in [4.78, 5) is 8.92. The van der Waals surface area contributed by atoms with Crippen LogP contribution in [0.3, 0.4) is 0 Å². The van der Waals surface area contributed by atoms with Gasteiger partial charge in [0, 0.05) is 5.92 Å². The van der Waals surface area contributed by atoms with E-state index in [1.54, 1.807) is 6.07 Å². The van der Waals surface area contributed by atoms with E-state index >= 15 is 0 Å². The molecule has 1 aromatic carbocycles. The lowest BCUT2D eigenvalue weighted by Gasteiger charge is -2.13. The molecule has 0 spiro atoms. The lowest BCUT2D eigenvalue weighted by Crippen LogP contribution is -2.13. The average Bonchev–Trinajstić information content (AvgIpc) is 3.34. The molecule has 0 amide bonds. The fraction of sp³-hybridized carbons (Fsp3) is 0.333. The van der Waals surface area contributed by atoms with E-state index in [1.807, 2.05) is 25.1 Å². The monoisotopic (exact) mass is 286 g/mol. The van der Waals surface area contributed by atoms with E-state index in [0.717, 1.165) is 29.8 Å². The van der Waals surface area contributed by atoms with Gasteiger partial charge in [-0.3, -0.25) is 0 Å². The van der Waals surface area contributed by atoms with Crippen molar-refractivity contribution in [3.63, 3.8) is 0 Å². The Labute approximate surface area is 123 Å². The second-order valence-electron chi connectivity index (χ2n) is 5.19. The molecule has 0 bridgehead atoms. The van der Waals surface area contributed by atoms with Crippen LogP contribution in [-0.2, 0) is 6.61 Å². The summed E-state index contributed by atoms with van der Waals surface area (Å²) in [7, 11) is 0. The molecule has 1 aliphatic carbocycles. The number of anilines is 1. The van der Waals surface area contributed by atoms with Crippen LogP contribution in [0, 0.1) is 6.92 Å². The quantitative estimate of drug-likeness (QED) is 0.576. The molecule has 0 aliphatic heterocycles. The Balaban J connectivity index is 1.94. The molecule has 1 saturated carbocycles. The number of hydrogen-bond acceptors (Lipinski definition) is 6. The highest BCUT2D eigenvalue weighted by molar-refractivity contribution is 5.49. The smallest absolute Gasteiger partial charge is 0.227 e. The van der Waals surface area contributed by atoms with Gasteiger partial charge < -0.3 is 15.3 Å². The zero-order valence-electron chi connectivity index (χ0n) is 11.8. The van der Waals surface area contributed by atoms with E-state index in [4.69, 9.17) is 10.6 Å². The lowest BCUT2D eigenvalue weighted by atomic mass is 10.2. The van der Waals surface area contributed by atoms with Crippen LogP contribution >= 0.6 is 0 Å². The van der Waals surface area contributed by atoms with E-state index in [2.05, 4.69) is 15.4 Å². The van der Waals surface area contributed by atoms with Crippen LogP contribution in [0.25, 0.3) is 0 Å². The van der Waals surface area contributed by atoms with Crippen molar-refractivity contribution in [3.8, 4) is 11.6 Å². The summed E-state index contributed by atoms with van der Waals surface area (Å²) in [5.74, 6) is 8.40. The fourth-order valence-corrected chi connectivity index (χ4v) is 2.10. The second-order valence-corrected chi connectivity index (χ2v) is 5.19. The summed E-state index contributed by atoms with van der Waals surface area (Å²) in [6.45, 7) is 1.83. The Hall–Kier alpha value is -2.18. The summed E-state index contributed by atoms with van der Waals surface area (Å²) in [5, 5.41) is 9.18. The van der Waals surface area contributed by atoms with Gasteiger partial charge in [0.25, 0.3) is 0 Å². The minimum Gasteiger partial charge on any atom is -0.439 e. The molecule has 1 heterocycles. The molecule has 110 valence electrons. The highest BCUT2D eigenvalue weighted by atomic mass is 16.5. The third kappa shape index (κ3) is 2.96. The van der Waals surface area contributed by atoms with E-state index in [0.29, 0.717) is 23.4 Å². The summed E-state index contributed by atoms with van der Waals surface area (Å²) in [5.41, 5.74) is 4.15. The van der Waals surface area contributed by atoms with E-state index < -0.39 is 0 Å². The molecule has 2 aromatic rings. The zero-order chi connectivity index (χ0) is 14.8. The van der Waals surface area contributed by atoms with Gasteiger partial charge in [-0.2, -0.15) is 4.98 Å². The molecule has 21 heavy (non-hydrogen) atoms. The second kappa shape index (κ2) is 5.67. The first-order valence-corrected chi connectivity index (χ1v) is 6.94. The predicted molar refractivity (Wildman–Crippen MR) is 79.0 cm³/mol. The summed E-state index contributed by atoms with van der Waals surface area (Å²) < 4.78 is 5.85. The minimum absolute atomic E-state index is 0.0249. The maximum absolute atomic E-state index is 9.18. The Morgan fingerprint density at radius 2 is 2.19 bits per heavy atom. The van der Waals surface area contributed by atoms with E-state index in [9.17, 15) is 5.11 Å². The number of nitrogens with one attached hydrogen (secondary N) is 1. The molecule has 6 heteroatoms. The first-order chi connectivity index (χ1) is 10.2. The number of ether oxygens (including phenoxy) is 1. The molecule has 3 rings (SSSR count). The van der Waals surface area contributed by atoms with Gasteiger partial charge in [-0.1, -0.05) is 12.1 Å². The molecule has 4 N–H and O–H groups in total. The number of nitrogens with two attached hydrogens (primary N) is 1. The fourth-order valence-electron chi connectivity index (χ4n) is 2.10. The number of benzene rings is 1. The van der Waals surface area contributed by atoms with Crippen molar-refractivity contribution in [3.05, 3.63) is 41.2 Å². The highest BCUT2D eigenvalue weighted by Gasteiger charge is 2.28. The third-order valence-corrected chi connectivity index (χ3v) is 3.49. The number of rotatable bonds is 5. The molecule has 1 aliphatic rings. The summed E-state index contributed by atoms with van der Waals surface area (Å²) >= 11 is 0. The average molecular weight is 286 g/mol. The Kier molecular flexibility index (Phi) is 3.72. The van der Waals surface area contributed by atoms with Crippen molar-refractivity contribution >= 4 is 5.82 Å². The normalized spacial score (nSPS) is 14.0. The van der Waals surface area contributed by atoms with Crippen LogP contribution in [0.1, 0.15) is 35.7 Å². The molecule has 0 saturated heterocycles. The molecule has 0 atom stereocenters. The van der Waals surface area contributed by atoms with Gasteiger partial charge in [-0.25, -0.2) is 10.8 Å². The lowest BCUT2D eigenvalue weighted by molar-refractivity contribution is 0.281. The van der Waals surface area contributed by atoms with Gasteiger partial charge in [0.1, 0.15) is 11.6 Å². The van der Waals surface area contributed by atoms with Crippen LogP contribution < -0.4 is 16.0 Å². The third-order valence-electron chi connectivity index (χ3n) is 3.49. The van der Waals surface area contributed by atoms with Gasteiger partial charge in [-0.05, 0) is 37.5 Å². The van der Waals surface area contributed by atoms with Gasteiger partial charge in [0.05, 0.1) is 12.2 Å². The Morgan fingerprint density at radius 3 is 2.86 bits per heavy atom. The van der Waals surface area contributed by atoms with Crippen molar-refractivity contribution in [2.75, 3.05) is 5.43 Å². The number of hydrazine groups is 1. The molecule has 0 unspecified atom stereocenters. The Bertz CT molecular complexity index is 656. The van der Waals surface area contributed by atoms with Crippen molar-refractivity contribution in [2.24, 2.45) is 5.84 Å². The largest absolute Gasteiger partial charge is 0.439 e. The van der Waals surface area contributed by atoms with Crippen molar-refractivity contribution in [1.82, 2.24) is 9.97 Å². The van der Waals surface area contributed by atoms with Crippen molar-refractivity contribution in [2.45, 2.75) is 32.3 Å². The van der Waals surface area contributed by atoms with Crippen LogP contribution in [0.15, 0.2) is 24.3 Å². The van der Waals surface area contributed by atoms with Gasteiger partial charge in [-0.15, -0.1) is 0 Å². The highest BCUT2D eigenvalue weighted by Crippen LogP contribution is 2.40. The van der Waals surface area contributed by atoms with E-state index in [1.165, 1.54) is 0 Å². The molecular formula is C15H18N4O2. The first kappa shape index (κ1) is 13.8. The predicted octanol–water partition coefficient (Wildman–Crippen LogP) is 2.23. The number of aliphatic hydroxyl groups is 1. The Morgan fingerprint density at radius 1 is 1.38 bits per heavy atom. The number of nitrogens with zero attached hydrogens (tertiary/aromatic N) is 2. The van der Waals surface area contributed by atoms with Gasteiger partial charge >= 0.3 is 0 Å². The molecule has 6 nitrogen and oxygen atoms in total. The minimum atomic E-state index is -0.0249. The summed E-state index contributed by atoms with van der Waals surface area (Å²) in [6, 6.07) is 7.28. The van der Waals surface area contributed by atoms with Crippen LogP contribution in [-0.4, -0.2) is 15.1 Å². The summed E-state index contributed by atoms with van der Waals surface area (Å²) in [6.07, 6.45) is 2.21. The van der Waals surface area contributed by atoms with Crippen LogP contribution in [0.5, 0.6) is 11.6 Å². The van der Waals surface area contributed by atoms with Crippen molar-refractivity contribution < 1.29 is 9.84 Å². The molecule has 1 aromatic heterocycles. The maximum Gasteiger partial charge on any atom is 0.227 e. The zero-order valence-corrected chi connectivity index (χ0v) is 11.8. The maximum atomic E-state index is 9.18.